The van der Waals surface area contributed by atoms with Gasteiger partial charge in [0.1, 0.15) is 11.4 Å². The summed E-state index contributed by atoms with van der Waals surface area (Å²) in [5, 5.41) is 1.04. The molecule has 0 radical (unpaired) electrons. The molecule has 0 bridgehead atoms. The van der Waals surface area contributed by atoms with Crippen molar-refractivity contribution in [3.63, 3.8) is 0 Å². The quantitative estimate of drug-likeness (QED) is 0.731. The van der Waals surface area contributed by atoms with Gasteiger partial charge < -0.3 is 19.0 Å². The van der Waals surface area contributed by atoms with Crippen LogP contribution in [0.3, 0.4) is 0 Å². The molecule has 0 unspecified atom stereocenters. The number of benzene rings is 1. The standard InChI is InChI=1S/C18H18N2O4/c1-3-24-18(22)16-14-8-9-20(17(21)15(14)10-19-16)11-12-4-6-13(23-2)7-5-12/h4-10,19H,3,11H2,1-2H3. The maximum Gasteiger partial charge on any atom is 0.355 e. The second-order valence-corrected chi connectivity index (χ2v) is 5.31. The second-order valence-electron chi connectivity index (χ2n) is 5.31. The Hall–Kier alpha value is -3.02. The van der Waals surface area contributed by atoms with E-state index in [0.29, 0.717) is 23.0 Å². The first-order chi connectivity index (χ1) is 11.6. The summed E-state index contributed by atoms with van der Waals surface area (Å²) in [4.78, 5) is 27.3. The fraction of sp³-hybridized carbons (Fsp3) is 0.222. The minimum absolute atomic E-state index is 0.157. The van der Waals surface area contributed by atoms with Gasteiger partial charge in [-0.15, -0.1) is 0 Å². The zero-order valence-electron chi connectivity index (χ0n) is 13.5. The molecule has 24 heavy (non-hydrogen) atoms. The van der Waals surface area contributed by atoms with Crippen LogP contribution in [-0.2, 0) is 11.3 Å². The number of rotatable bonds is 5. The Balaban J connectivity index is 1.94. The van der Waals surface area contributed by atoms with Crippen molar-refractivity contribution in [3.05, 3.63) is 64.3 Å². The topological polar surface area (TPSA) is 73.3 Å². The summed E-state index contributed by atoms with van der Waals surface area (Å²) in [6, 6.07) is 9.29. The van der Waals surface area contributed by atoms with Crippen LogP contribution < -0.4 is 10.3 Å². The molecule has 0 fully saturated rings. The van der Waals surface area contributed by atoms with Crippen LogP contribution in [0.4, 0.5) is 0 Å². The molecule has 0 aliphatic carbocycles. The Morgan fingerprint density at radius 3 is 2.58 bits per heavy atom. The van der Waals surface area contributed by atoms with E-state index in [9.17, 15) is 9.59 Å². The van der Waals surface area contributed by atoms with Gasteiger partial charge in [0.25, 0.3) is 5.56 Å². The van der Waals surface area contributed by atoms with Crippen molar-refractivity contribution in [3.8, 4) is 5.75 Å². The summed E-state index contributed by atoms with van der Waals surface area (Å²) < 4.78 is 11.7. The maximum atomic E-state index is 12.6. The van der Waals surface area contributed by atoms with Crippen LogP contribution in [0.5, 0.6) is 5.75 Å². The lowest BCUT2D eigenvalue weighted by Crippen LogP contribution is -2.19. The van der Waals surface area contributed by atoms with E-state index in [1.165, 1.54) is 0 Å². The van der Waals surface area contributed by atoms with Gasteiger partial charge in [-0.25, -0.2) is 4.79 Å². The third-order valence-corrected chi connectivity index (χ3v) is 3.82. The zero-order valence-corrected chi connectivity index (χ0v) is 13.5. The molecule has 3 aromatic rings. The molecule has 3 rings (SSSR count). The van der Waals surface area contributed by atoms with Crippen LogP contribution >= 0.6 is 0 Å². The summed E-state index contributed by atoms with van der Waals surface area (Å²) in [6.45, 7) is 2.47. The Morgan fingerprint density at radius 1 is 1.17 bits per heavy atom. The largest absolute Gasteiger partial charge is 0.497 e. The van der Waals surface area contributed by atoms with Crippen molar-refractivity contribution in [1.82, 2.24) is 9.55 Å². The number of aromatic amines is 1. The predicted octanol–water partition coefficient (Wildman–Crippen LogP) is 2.56. The van der Waals surface area contributed by atoms with Gasteiger partial charge in [-0.2, -0.15) is 0 Å². The normalized spacial score (nSPS) is 10.8. The van der Waals surface area contributed by atoms with Gasteiger partial charge in [0, 0.05) is 17.8 Å². The third-order valence-electron chi connectivity index (χ3n) is 3.82. The number of fused-ring (bicyclic) bond motifs is 1. The number of hydrogen-bond acceptors (Lipinski definition) is 4. The van der Waals surface area contributed by atoms with E-state index >= 15 is 0 Å². The summed E-state index contributed by atoms with van der Waals surface area (Å²) in [7, 11) is 1.61. The molecule has 2 aromatic heterocycles. The van der Waals surface area contributed by atoms with Gasteiger partial charge in [0.05, 0.1) is 25.6 Å². The van der Waals surface area contributed by atoms with E-state index in [1.807, 2.05) is 24.3 Å². The molecule has 124 valence electrons. The number of H-pyrrole nitrogens is 1. The first kappa shape index (κ1) is 15.9. The van der Waals surface area contributed by atoms with Crippen molar-refractivity contribution in [1.29, 1.82) is 0 Å². The molecule has 6 heteroatoms. The van der Waals surface area contributed by atoms with Gasteiger partial charge in [-0.1, -0.05) is 12.1 Å². The molecule has 2 heterocycles. The van der Waals surface area contributed by atoms with Crippen LogP contribution in [0, 0.1) is 0 Å². The summed E-state index contributed by atoms with van der Waals surface area (Å²) in [5.41, 5.74) is 1.13. The molecular weight excluding hydrogens is 308 g/mol. The molecule has 0 spiro atoms. The number of ether oxygens (including phenoxy) is 2. The number of carbonyl (C=O) groups excluding carboxylic acids is 1. The molecule has 0 atom stereocenters. The first-order valence-corrected chi connectivity index (χ1v) is 7.64. The first-order valence-electron chi connectivity index (χ1n) is 7.64. The van der Waals surface area contributed by atoms with E-state index in [2.05, 4.69) is 4.98 Å². The van der Waals surface area contributed by atoms with Gasteiger partial charge in [0.15, 0.2) is 0 Å². The van der Waals surface area contributed by atoms with Crippen molar-refractivity contribution in [2.45, 2.75) is 13.5 Å². The molecule has 6 nitrogen and oxygen atoms in total. The zero-order chi connectivity index (χ0) is 17.1. The lowest BCUT2D eigenvalue weighted by Gasteiger charge is -2.07. The fourth-order valence-corrected chi connectivity index (χ4v) is 2.60. The highest BCUT2D eigenvalue weighted by Crippen LogP contribution is 2.17. The van der Waals surface area contributed by atoms with Crippen molar-refractivity contribution < 1.29 is 14.3 Å². The van der Waals surface area contributed by atoms with Crippen LogP contribution in [0.15, 0.2) is 47.5 Å². The van der Waals surface area contributed by atoms with Crippen LogP contribution in [0.2, 0.25) is 0 Å². The van der Waals surface area contributed by atoms with Crippen molar-refractivity contribution in [2.24, 2.45) is 0 Å². The van der Waals surface area contributed by atoms with Crippen molar-refractivity contribution >= 4 is 16.7 Å². The fourth-order valence-electron chi connectivity index (χ4n) is 2.60. The number of esters is 1. The van der Waals surface area contributed by atoms with Crippen LogP contribution in [-0.4, -0.2) is 29.2 Å². The van der Waals surface area contributed by atoms with Gasteiger partial charge in [-0.05, 0) is 30.7 Å². The molecule has 1 N–H and O–H groups in total. The van der Waals surface area contributed by atoms with Gasteiger partial charge in [-0.3, -0.25) is 4.79 Å². The van der Waals surface area contributed by atoms with E-state index in [1.54, 1.807) is 37.1 Å². The number of pyridine rings is 1. The third kappa shape index (κ3) is 2.90. The highest BCUT2D eigenvalue weighted by atomic mass is 16.5. The average molecular weight is 326 g/mol. The maximum absolute atomic E-state index is 12.6. The average Bonchev–Trinajstić information content (AvgIpc) is 3.03. The molecule has 0 amide bonds. The van der Waals surface area contributed by atoms with Crippen LogP contribution in [0.1, 0.15) is 23.0 Å². The number of carbonyl (C=O) groups is 1. The summed E-state index contributed by atoms with van der Waals surface area (Å²) in [6.07, 6.45) is 3.24. The SMILES string of the molecule is CCOC(=O)c1[nH]cc2c(=O)n(Cc3ccc(OC)cc3)ccc12. The van der Waals surface area contributed by atoms with E-state index in [0.717, 1.165) is 11.3 Å². The molecular formula is C18H18N2O4. The number of nitrogens with one attached hydrogen (secondary N) is 1. The van der Waals surface area contributed by atoms with E-state index in [4.69, 9.17) is 9.47 Å². The van der Waals surface area contributed by atoms with E-state index in [-0.39, 0.29) is 12.2 Å². The minimum atomic E-state index is -0.459. The smallest absolute Gasteiger partial charge is 0.355 e. The monoisotopic (exact) mass is 326 g/mol. The lowest BCUT2D eigenvalue weighted by molar-refractivity contribution is 0.0522. The summed E-state index contributed by atoms with van der Waals surface area (Å²) >= 11 is 0. The number of hydrogen-bond donors (Lipinski definition) is 1. The highest BCUT2D eigenvalue weighted by molar-refractivity contribution is 6.03. The number of nitrogens with zero attached hydrogens (tertiary/aromatic N) is 1. The Kier molecular flexibility index (Phi) is 4.37. The molecule has 0 aliphatic rings. The minimum Gasteiger partial charge on any atom is -0.497 e. The molecule has 1 aromatic carbocycles. The lowest BCUT2D eigenvalue weighted by atomic mass is 10.2. The molecule has 0 aliphatic heterocycles. The Morgan fingerprint density at radius 2 is 1.92 bits per heavy atom. The van der Waals surface area contributed by atoms with E-state index < -0.39 is 5.97 Å². The van der Waals surface area contributed by atoms with Crippen molar-refractivity contribution in [2.75, 3.05) is 13.7 Å². The Bertz CT molecular complexity index is 922. The predicted molar refractivity (Wildman–Crippen MR) is 90.6 cm³/mol. The highest BCUT2D eigenvalue weighted by Gasteiger charge is 2.15. The summed E-state index contributed by atoms with van der Waals surface area (Å²) in [5.74, 6) is 0.311. The Labute approximate surface area is 138 Å². The number of aromatic nitrogens is 2. The van der Waals surface area contributed by atoms with Crippen LogP contribution in [0.25, 0.3) is 10.8 Å². The molecule has 0 saturated carbocycles. The van der Waals surface area contributed by atoms with Gasteiger partial charge in [0.2, 0.25) is 0 Å². The second kappa shape index (κ2) is 6.62. The van der Waals surface area contributed by atoms with Gasteiger partial charge >= 0.3 is 5.97 Å². The molecule has 0 saturated heterocycles. The number of methoxy groups -OCH3 is 1.